The first-order valence-electron chi connectivity index (χ1n) is 10.4. The fourth-order valence-electron chi connectivity index (χ4n) is 3.62. The van der Waals surface area contributed by atoms with Gasteiger partial charge in [0.1, 0.15) is 5.69 Å². The molecular weight excluding hydrogens is 352 g/mol. The fourth-order valence-corrected chi connectivity index (χ4v) is 3.62. The number of rotatable bonds is 8. The molecule has 0 saturated carbocycles. The summed E-state index contributed by atoms with van der Waals surface area (Å²) in [6, 6.07) is 9.96. The van der Waals surface area contributed by atoms with Crippen molar-refractivity contribution in [2.45, 2.75) is 59.0 Å². The Morgan fingerprint density at radius 3 is 2.68 bits per heavy atom. The summed E-state index contributed by atoms with van der Waals surface area (Å²) in [5, 5.41) is 2.95. The molecule has 0 radical (unpaired) electrons. The number of fused-ring (bicyclic) bond motifs is 1. The summed E-state index contributed by atoms with van der Waals surface area (Å²) in [7, 11) is 0. The second kappa shape index (κ2) is 9.53. The number of hydrogen-bond donors (Lipinski definition) is 1. The summed E-state index contributed by atoms with van der Waals surface area (Å²) < 4.78 is 1.97. The molecule has 2 aromatic rings. The number of carbonyl (C=O) groups excluding carboxylic acids is 2. The fraction of sp³-hybridized carbons (Fsp3) is 0.500. The number of unbranched alkanes of at least 4 members (excludes halogenated alkanes) is 1. The highest BCUT2D eigenvalue weighted by Gasteiger charge is 2.29. The van der Waals surface area contributed by atoms with Crippen LogP contribution in [0.1, 0.15) is 71.9 Å². The summed E-state index contributed by atoms with van der Waals surface area (Å²) in [6.07, 6.45) is 4.79. The summed E-state index contributed by atoms with van der Waals surface area (Å²) >= 11 is 0. The number of aromatic nitrogens is 2. The number of hydrogen-bond acceptors (Lipinski definition) is 3. The van der Waals surface area contributed by atoms with Crippen molar-refractivity contribution in [2.75, 3.05) is 13.1 Å². The Bertz CT molecular complexity index is 813. The molecule has 150 valence electrons. The molecule has 1 N–H and O–H groups in total. The molecule has 1 aliphatic heterocycles. The van der Waals surface area contributed by atoms with Gasteiger partial charge in [-0.3, -0.25) is 9.59 Å². The van der Waals surface area contributed by atoms with Crippen LogP contribution in [0.25, 0.3) is 0 Å². The van der Waals surface area contributed by atoms with Gasteiger partial charge in [-0.1, -0.05) is 43.7 Å². The Labute approximate surface area is 166 Å². The Kier molecular flexibility index (Phi) is 6.85. The molecule has 1 aromatic heterocycles. The Morgan fingerprint density at radius 2 is 1.96 bits per heavy atom. The molecule has 2 amide bonds. The molecule has 0 fully saturated rings. The van der Waals surface area contributed by atoms with Crippen LogP contribution < -0.4 is 5.32 Å². The summed E-state index contributed by atoms with van der Waals surface area (Å²) in [6.45, 7) is 6.58. The van der Waals surface area contributed by atoms with E-state index in [2.05, 4.69) is 17.2 Å². The first-order valence-corrected chi connectivity index (χ1v) is 10.4. The van der Waals surface area contributed by atoms with Crippen molar-refractivity contribution in [3.8, 4) is 0 Å². The zero-order chi connectivity index (χ0) is 19.9. The smallest absolute Gasteiger partial charge is 0.290 e. The summed E-state index contributed by atoms with van der Waals surface area (Å²) in [5.41, 5.74) is 2.41. The molecule has 0 bridgehead atoms. The highest BCUT2D eigenvalue weighted by Crippen LogP contribution is 2.22. The van der Waals surface area contributed by atoms with E-state index in [1.54, 1.807) is 4.90 Å². The first kappa shape index (κ1) is 20.1. The topological polar surface area (TPSA) is 67.2 Å². The van der Waals surface area contributed by atoms with E-state index in [0.29, 0.717) is 31.2 Å². The first-order chi connectivity index (χ1) is 13.7. The maximum atomic E-state index is 13.3. The van der Waals surface area contributed by atoms with Gasteiger partial charge in [0, 0.05) is 26.2 Å². The van der Waals surface area contributed by atoms with Crippen LogP contribution in [0, 0.1) is 0 Å². The lowest BCUT2D eigenvalue weighted by Gasteiger charge is -2.22. The normalized spacial score (nSPS) is 13.1. The lowest BCUT2D eigenvalue weighted by Crippen LogP contribution is -2.33. The van der Waals surface area contributed by atoms with Gasteiger partial charge in [0.05, 0.1) is 5.69 Å². The molecular formula is C22H30N4O2. The van der Waals surface area contributed by atoms with Crippen molar-refractivity contribution >= 4 is 11.8 Å². The zero-order valence-electron chi connectivity index (χ0n) is 16.9. The molecule has 0 aliphatic carbocycles. The van der Waals surface area contributed by atoms with E-state index in [1.807, 2.05) is 41.8 Å². The lowest BCUT2D eigenvalue weighted by molar-refractivity contribution is 0.0734. The van der Waals surface area contributed by atoms with Crippen LogP contribution in [0.5, 0.6) is 0 Å². The second-order valence-corrected chi connectivity index (χ2v) is 7.25. The average Bonchev–Trinajstić information content (AvgIpc) is 3.12. The van der Waals surface area contributed by atoms with Crippen molar-refractivity contribution in [1.29, 1.82) is 0 Å². The van der Waals surface area contributed by atoms with Crippen LogP contribution in [0.15, 0.2) is 30.3 Å². The molecule has 3 rings (SSSR count). The van der Waals surface area contributed by atoms with Crippen LogP contribution in [-0.4, -0.2) is 39.4 Å². The van der Waals surface area contributed by atoms with Crippen LogP contribution in [-0.2, 0) is 19.5 Å². The number of benzene rings is 1. The summed E-state index contributed by atoms with van der Waals surface area (Å²) in [4.78, 5) is 32.2. The van der Waals surface area contributed by atoms with E-state index in [0.717, 1.165) is 49.9 Å². The SMILES string of the molecule is CCCCNC(=O)c1nc(C(=O)N(CC)Cc2ccccc2)n2c1CCCC2. The molecule has 2 heterocycles. The Hall–Kier alpha value is -2.63. The standard InChI is InChI=1S/C22H30N4O2/c1-3-5-14-23-21(27)19-18-13-9-10-15-26(18)20(24-19)22(28)25(4-2)16-17-11-7-6-8-12-17/h6-8,11-12H,3-5,9-10,13-16H2,1-2H3,(H,23,27). The van der Waals surface area contributed by atoms with Gasteiger partial charge in [-0.15, -0.1) is 0 Å². The maximum absolute atomic E-state index is 13.3. The van der Waals surface area contributed by atoms with E-state index in [1.165, 1.54) is 0 Å². The van der Waals surface area contributed by atoms with E-state index in [9.17, 15) is 9.59 Å². The third-order valence-corrected chi connectivity index (χ3v) is 5.23. The molecule has 0 atom stereocenters. The van der Waals surface area contributed by atoms with Gasteiger partial charge in [0.2, 0.25) is 0 Å². The minimum atomic E-state index is -0.163. The third-order valence-electron chi connectivity index (χ3n) is 5.23. The molecule has 6 nitrogen and oxygen atoms in total. The van der Waals surface area contributed by atoms with Crippen molar-refractivity contribution in [2.24, 2.45) is 0 Å². The second-order valence-electron chi connectivity index (χ2n) is 7.25. The number of nitrogens with zero attached hydrogens (tertiary/aromatic N) is 3. The van der Waals surface area contributed by atoms with E-state index in [-0.39, 0.29) is 11.8 Å². The molecule has 0 saturated heterocycles. The van der Waals surface area contributed by atoms with E-state index < -0.39 is 0 Å². The third kappa shape index (κ3) is 4.43. The van der Waals surface area contributed by atoms with Crippen molar-refractivity contribution < 1.29 is 9.59 Å². The highest BCUT2D eigenvalue weighted by atomic mass is 16.2. The number of carbonyl (C=O) groups is 2. The molecule has 0 unspecified atom stereocenters. The monoisotopic (exact) mass is 382 g/mol. The van der Waals surface area contributed by atoms with Crippen LogP contribution in [0.3, 0.4) is 0 Å². The molecule has 0 spiro atoms. The molecule has 6 heteroatoms. The number of imidazole rings is 1. The van der Waals surface area contributed by atoms with Gasteiger partial charge in [-0.2, -0.15) is 0 Å². The van der Waals surface area contributed by atoms with Gasteiger partial charge in [0.25, 0.3) is 11.8 Å². The van der Waals surface area contributed by atoms with Crippen molar-refractivity contribution in [3.05, 3.63) is 53.1 Å². The van der Waals surface area contributed by atoms with Crippen molar-refractivity contribution in [1.82, 2.24) is 19.8 Å². The Balaban J connectivity index is 1.85. The molecule has 28 heavy (non-hydrogen) atoms. The van der Waals surface area contributed by atoms with Gasteiger partial charge in [-0.05, 0) is 38.2 Å². The predicted octanol–water partition coefficient (Wildman–Crippen LogP) is 3.41. The van der Waals surface area contributed by atoms with Gasteiger partial charge >= 0.3 is 0 Å². The van der Waals surface area contributed by atoms with Gasteiger partial charge in [0.15, 0.2) is 5.82 Å². The average molecular weight is 383 g/mol. The maximum Gasteiger partial charge on any atom is 0.290 e. The van der Waals surface area contributed by atoms with Gasteiger partial charge in [-0.25, -0.2) is 4.98 Å². The summed E-state index contributed by atoms with van der Waals surface area (Å²) in [5.74, 6) is 0.125. The lowest BCUT2D eigenvalue weighted by atomic mass is 10.1. The van der Waals surface area contributed by atoms with Crippen LogP contribution in [0.4, 0.5) is 0 Å². The minimum absolute atomic E-state index is 0.109. The quantitative estimate of drug-likeness (QED) is 0.712. The van der Waals surface area contributed by atoms with Crippen LogP contribution in [0.2, 0.25) is 0 Å². The molecule has 1 aliphatic rings. The van der Waals surface area contributed by atoms with Gasteiger partial charge < -0.3 is 14.8 Å². The van der Waals surface area contributed by atoms with Crippen molar-refractivity contribution in [3.63, 3.8) is 0 Å². The largest absolute Gasteiger partial charge is 0.351 e. The Morgan fingerprint density at radius 1 is 1.18 bits per heavy atom. The minimum Gasteiger partial charge on any atom is -0.351 e. The van der Waals surface area contributed by atoms with E-state index >= 15 is 0 Å². The zero-order valence-corrected chi connectivity index (χ0v) is 16.9. The number of amides is 2. The van der Waals surface area contributed by atoms with E-state index in [4.69, 9.17) is 0 Å². The molecule has 1 aromatic carbocycles. The van der Waals surface area contributed by atoms with Crippen LogP contribution >= 0.6 is 0 Å². The predicted molar refractivity (Wildman–Crippen MR) is 109 cm³/mol. The highest BCUT2D eigenvalue weighted by molar-refractivity contribution is 5.97. The number of nitrogens with one attached hydrogen (secondary N) is 1.